The number of aryl methyl sites for hydroxylation is 2. The number of anilines is 1. The molecule has 132 valence electrons. The lowest BCUT2D eigenvalue weighted by Gasteiger charge is -2.10. The van der Waals surface area contributed by atoms with E-state index in [-0.39, 0.29) is 30.1 Å². The lowest BCUT2D eigenvalue weighted by Crippen LogP contribution is -2.22. The van der Waals surface area contributed by atoms with E-state index in [0.717, 1.165) is 29.1 Å². The minimum absolute atomic E-state index is 0. The van der Waals surface area contributed by atoms with E-state index in [1.165, 1.54) is 0 Å². The number of hydrogen-bond acceptors (Lipinski definition) is 3. The Morgan fingerprint density at radius 2 is 2.00 bits per heavy atom. The first-order valence-electron chi connectivity index (χ1n) is 7.83. The van der Waals surface area contributed by atoms with Crippen LogP contribution >= 0.6 is 24.0 Å². The Morgan fingerprint density at radius 1 is 1.33 bits per heavy atom. The van der Waals surface area contributed by atoms with Gasteiger partial charge in [0, 0.05) is 24.5 Å². The van der Waals surface area contributed by atoms with Gasteiger partial charge in [-0.1, -0.05) is 6.92 Å². The third-order valence-electron chi connectivity index (χ3n) is 3.24. The minimum Gasteiger partial charge on any atom is -0.491 e. The number of nitrogens with two attached hydrogens (primary N) is 1. The summed E-state index contributed by atoms with van der Waals surface area (Å²) in [4.78, 5) is 4.38. The molecule has 6 nitrogen and oxygen atoms in total. The molecular formula is C17H26IN5O. The molecule has 2 aromatic rings. The van der Waals surface area contributed by atoms with Gasteiger partial charge in [-0.25, -0.2) is 4.99 Å². The summed E-state index contributed by atoms with van der Waals surface area (Å²) in [5, 5.41) is 7.48. The molecule has 3 N–H and O–H groups in total. The van der Waals surface area contributed by atoms with Crippen LogP contribution in [-0.4, -0.2) is 21.8 Å². The molecule has 0 spiro atoms. The van der Waals surface area contributed by atoms with Crippen LogP contribution in [0, 0.1) is 0 Å². The van der Waals surface area contributed by atoms with Crippen molar-refractivity contribution in [2.24, 2.45) is 17.8 Å². The Hall–Kier alpha value is -1.77. The van der Waals surface area contributed by atoms with E-state index in [9.17, 15) is 0 Å². The third kappa shape index (κ3) is 6.03. The van der Waals surface area contributed by atoms with Gasteiger partial charge in [-0.3, -0.25) is 4.68 Å². The monoisotopic (exact) mass is 443 g/mol. The topological polar surface area (TPSA) is 77.5 Å². The first-order valence-corrected chi connectivity index (χ1v) is 7.83. The lowest BCUT2D eigenvalue weighted by molar-refractivity contribution is 0.242. The van der Waals surface area contributed by atoms with Gasteiger partial charge in [0.25, 0.3) is 0 Å². The van der Waals surface area contributed by atoms with E-state index in [1.807, 2.05) is 51.4 Å². The maximum Gasteiger partial charge on any atom is 0.193 e. The van der Waals surface area contributed by atoms with Crippen molar-refractivity contribution in [2.75, 3.05) is 5.32 Å². The van der Waals surface area contributed by atoms with Crippen molar-refractivity contribution < 1.29 is 4.74 Å². The van der Waals surface area contributed by atoms with Crippen molar-refractivity contribution in [1.29, 1.82) is 0 Å². The highest BCUT2D eigenvalue weighted by Crippen LogP contribution is 2.16. The molecule has 24 heavy (non-hydrogen) atoms. The second kappa shape index (κ2) is 9.51. The van der Waals surface area contributed by atoms with Crippen LogP contribution in [0.1, 0.15) is 32.0 Å². The molecule has 1 aromatic heterocycles. The van der Waals surface area contributed by atoms with Crippen molar-refractivity contribution in [2.45, 2.75) is 39.8 Å². The van der Waals surface area contributed by atoms with Gasteiger partial charge in [-0.05, 0) is 44.5 Å². The first kappa shape index (κ1) is 20.3. The lowest BCUT2D eigenvalue weighted by atomic mass is 10.2. The van der Waals surface area contributed by atoms with Gasteiger partial charge in [0.15, 0.2) is 5.96 Å². The Bertz CT molecular complexity index is 664. The SMILES string of the molecule is CCc1nn(C)cc1CN=C(N)Nc1ccc(OC(C)C)cc1.I. The molecular weight excluding hydrogens is 417 g/mol. The van der Waals surface area contributed by atoms with E-state index in [1.54, 1.807) is 4.68 Å². The van der Waals surface area contributed by atoms with E-state index in [2.05, 4.69) is 22.3 Å². The summed E-state index contributed by atoms with van der Waals surface area (Å²) in [7, 11) is 1.91. The number of guanidine groups is 1. The Labute approximate surface area is 160 Å². The minimum atomic E-state index is 0. The van der Waals surface area contributed by atoms with Gasteiger partial charge in [-0.15, -0.1) is 24.0 Å². The molecule has 7 heteroatoms. The standard InChI is InChI=1S/C17H25N5O.HI/c1-5-16-13(11-22(4)21-16)10-19-17(18)20-14-6-8-15(9-7-14)23-12(2)3;/h6-9,11-12H,5,10H2,1-4H3,(H3,18,19,20);1H. The van der Waals surface area contributed by atoms with Crippen LogP contribution in [0.15, 0.2) is 35.5 Å². The number of nitrogens with zero attached hydrogens (tertiary/aromatic N) is 3. The molecule has 1 heterocycles. The average Bonchev–Trinajstić information content (AvgIpc) is 2.87. The van der Waals surface area contributed by atoms with E-state index in [0.29, 0.717) is 12.5 Å². The van der Waals surface area contributed by atoms with Crippen molar-refractivity contribution in [3.05, 3.63) is 41.7 Å². The fourth-order valence-corrected chi connectivity index (χ4v) is 2.26. The second-order valence-electron chi connectivity index (χ2n) is 5.65. The van der Waals surface area contributed by atoms with Crippen LogP contribution in [0.3, 0.4) is 0 Å². The summed E-state index contributed by atoms with van der Waals surface area (Å²) in [6.07, 6.45) is 3.02. The molecule has 0 aliphatic heterocycles. The van der Waals surface area contributed by atoms with Gasteiger partial charge in [0.05, 0.1) is 18.3 Å². The molecule has 1 aromatic carbocycles. The van der Waals surface area contributed by atoms with Crippen molar-refractivity contribution in [1.82, 2.24) is 9.78 Å². The predicted molar refractivity (Wildman–Crippen MR) is 109 cm³/mol. The third-order valence-corrected chi connectivity index (χ3v) is 3.24. The zero-order valence-electron chi connectivity index (χ0n) is 14.6. The smallest absolute Gasteiger partial charge is 0.193 e. The molecule has 0 unspecified atom stereocenters. The van der Waals surface area contributed by atoms with Crippen molar-refractivity contribution in [3.8, 4) is 5.75 Å². The molecule has 0 saturated carbocycles. The van der Waals surface area contributed by atoms with Crippen LogP contribution in [0.4, 0.5) is 5.69 Å². The van der Waals surface area contributed by atoms with Crippen LogP contribution in [0.25, 0.3) is 0 Å². The Kier molecular flexibility index (Phi) is 8.03. The van der Waals surface area contributed by atoms with Gasteiger partial charge in [-0.2, -0.15) is 5.10 Å². The van der Waals surface area contributed by atoms with Crippen LogP contribution in [0.2, 0.25) is 0 Å². The van der Waals surface area contributed by atoms with Gasteiger partial charge in [0.1, 0.15) is 5.75 Å². The number of benzene rings is 1. The number of aliphatic imine (C=N–C) groups is 1. The quantitative estimate of drug-likeness (QED) is 0.408. The normalized spacial score (nSPS) is 11.3. The molecule has 0 aliphatic rings. The molecule has 0 aliphatic carbocycles. The number of hydrogen-bond donors (Lipinski definition) is 2. The van der Waals surface area contributed by atoms with Crippen LogP contribution in [-0.2, 0) is 20.0 Å². The van der Waals surface area contributed by atoms with Gasteiger partial charge < -0.3 is 15.8 Å². The number of rotatable bonds is 6. The highest BCUT2D eigenvalue weighted by atomic mass is 127. The number of halogens is 1. The Balaban J connectivity index is 0.00000288. The Morgan fingerprint density at radius 3 is 2.58 bits per heavy atom. The number of ether oxygens (including phenoxy) is 1. The maximum atomic E-state index is 5.95. The maximum absolute atomic E-state index is 5.95. The summed E-state index contributed by atoms with van der Waals surface area (Å²) in [5.74, 6) is 1.22. The van der Waals surface area contributed by atoms with E-state index >= 15 is 0 Å². The molecule has 2 rings (SSSR count). The first-order chi connectivity index (χ1) is 11.0. The summed E-state index contributed by atoms with van der Waals surface area (Å²) in [6.45, 7) is 6.60. The summed E-state index contributed by atoms with van der Waals surface area (Å²) in [6, 6.07) is 7.65. The largest absolute Gasteiger partial charge is 0.491 e. The summed E-state index contributed by atoms with van der Waals surface area (Å²) >= 11 is 0. The highest BCUT2D eigenvalue weighted by Gasteiger charge is 2.05. The van der Waals surface area contributed by atoms with Crippen LogP contribution in [0.5, 0.6) is 5.75 Å². The zero-order valence-corrected chi connectivity index (χ0v) is 16.9. The number of aromatic nitrogens is 2. The van der Waals surface area contributed by atoms with Gasteiger partial charge >= 0.3 is 0 Å². The molecule has 0 radical (unpaired) electrons. The van der Waals surface area contributed by atoms with Crippen molar-refractivity contribution in [3.63, 3.8) is 0 Å². The zero-order chi connectivity index (χ0) is 16.8. The number of nitrogens with one attached hydrogen (secondary N) is 1. The fourth-order valence-electron chi connectivity index (χ4n) is 2.26. The van der Waals surface area contributed by atoms with Crippen LogP contribution < -0.4 is 15.8 Å². The van der Waals surface area contributed by atoms with Gasteiger partial charge in [0.2, 0.25) is 0 Å². The summed E-state index contributed by atoms with van der Waals surface area (Å²) < 4.78 is 7.42. The molecule has 0 bridgehead atoms. The van der Waals surface area contributed by atoms with E-state index in [4.69, 9.17) is 10.5 Å². The molecule has 0 saturated heterocycles. The average molecular weight is 443 g/mol. The molecule has 0 atom stereocenters. The predicted octanol–water partition coefficient (Wildman–Crippen LogP) is 3.31. The van der Waals surface area contributed by atoms with E-state index < -0.39 is 0 Å². The fraction of sp³-hybridized carbons (Fsp3) is 0.412. The molecule has 0 fully saturated rings. The summed E-state index contributed by atoms with van der Waals surface area (Å²) in [5.41, 5.74) is 8.98. The second-order valence-corrected chi connectivity index (χ2v) is 5.65. The van der Waals surface area contributed by atoms with Crippen molar-refractivity contribution >= 4 is 35.6 Å². The molecule has 0 amide bonds. The highest BCUT2D eigenvalue weighted by molar-refractivity contribution is 14.0.